The molecule has 3 aromatic carbocycles. The van der Waals surface area contributed by atoms with Gasteiger partial charge in [-0.2, -0.15) is 0 Å². The Bertz CT molecular complexity index is 1030. The normalized spacial score (nSPS) is 10.9. The van der Waals surface area contributed by atoms with Gasteiger partial charge in [-0.3, -0.25) is 4.98 Å². The smallest absolute Gasteiger partial charge is 0.0894 e. The first-order chi connectivity index (χ1) is 12.2. The second-order valence-corrected chi connectivity index (χ2v) is 6.49. The SMILES string of the molecule is Nc1ccc(-c2c(Cc3ccccc3)cnc3c(Cl)cccc23)cc1. The van der Waals surface area contributed by atoms with Gasteiger partial charge in [-0.25, -0.2) is 0 Å². The van der Waals surface area contributed by atoms with Gasteiger partial charge in [-0.05, 0) is 46.9 Å². The van der Waals surface area contributed by atoms with Crippen LogP contribution in [0, 0.1) is 0 Å². The molecule has 0 radical (unpaired) electrons. The van der Waals surface area contributed by atoms with Crippen molar-refractivity contribution in [1.29, 1.82) is 0 Å². The van der Waals surface area contributed by atoms with Crippen LogP contribution in [0.5, 0.6) is 0 Å². The van der Waals surface area contributed by atoms with E-state index < -0.39 is 0 Å². The minimum absolute atomic E-state index is 0.667. The van der Waals surface area contributed by atoms with Crippen LogP contribution < -0.4 is 5.73 Å². The van der Waals surface area contributed by atoms with Crippen molar-refractivity contribution < 1.29 is 0 Å². The summed E-state index contributed by atoms with van der Waals surface area (Å²) >= 11 is 6.37. The number of para-hydroxylation sites is 1. The fourth-order valence-electron chi connectivity index (χ4n) is 3.17. The van der Waals surface area contributed by atoms with Gasteiger partial charge in [0, 0.05) is 17.3 Å². The number of nitrogens with zero attached hydrogens (tertiary/aromatic N) is 1. The van der Waals surface area contributed by atoms with Gasteiger partial charge in [0.1, 0.15) is 0 Å². The number of aromatic nitrogens is 1. The molecule has 0 fully saturated rings. The molecule has 1 aromatic heterocycles. The minimum Gasteiger partial charge on any atom is -0.399 e. The molecule has 1 heterocycles. The lowest BCUT2D eigenvalue weighted by atomic mass is 9.93. The molecular formula is C22H17ClN2. The molecule has 0 saturated heterocycles. The molecule has 0 aliphatic carbocycles. The molecule has 4 aromatic rings. The third kappa shape index (κ3) is 3.09. The first-order valence-electron chi connectivity index (χ1n) is 8.18. The monoisotopic (exact) mass is 344 g/mol. The largest absolute Gasteiger partial charge is 0.399 e. The number of pyridine rings is 1. The Morgan fingerprint density at radius 1 is 0.840 bits per heavy atom. The number of hydrogen-bond acceptors (Lipinski definition) is 2. The summed E-state index contributed by atoms with van der Waals surface area (Å²) in [6.07, 6.45) is 2.75. The third-order valence-electron chi connectivity index (χ3n) is 4.36. The highest BCUT2D eigenvalue weighted by Gasteiger charge is 2.13. The number of fused-ring (bicyclic) bond motifs is 1. The van der Waals surface area contributed by atoms with Crippen LogP contribution in [0.25, 0.3) is 22.0 Å². The fourth-order valence-corrected chi connectivity index (χ4v) is 3.39. The zero-order chi connectivity index (χ0) is 17.2. The molecular weight excluding hydrogens is 328 g/mol. The van der Waals surface area contributed by atoms with E-state index in [1.165, 1.54) is 11.1 Å². The van der Waals surface area contributed by atoms with Gasteiger partial charge in [0.15, 0.2) is 0 Å². The van der Waals surface area contributed by atoms with Crippen LogP contribution in [-0.2, 0) is 6.42 Å². The van der Waals surface area contributed by atoms with E-state index in [9.17, 15) is 0 Å². The van der Waals surface area contributed by atoms with Crippen molar-refractivity contribution in [2.45, 2.75) is 6.42 Å². The Hall–Kier alpha value is -2.84. The highest BCUT2D eigenvalue weighted by Crippen LogP contribution is 2.35. The Morgan fingerprint density at radius 3 is 2.36 bits per heavy atom. The number of nitrogens with two attached hydrogens (primary N) is 1. The molecule has 0 saturated carbocycles. The zero-order valence-electron chi connectivity index (χ0n) is 13.6. The molecule has 4 rings (SSSR count). The third-order valence-corrected chi connectivity index (χ3v) is 4.67. The van der Waals surface area contributed by atoms with Gasteiger partial charge in [0.2, 0.25) is 0 Å². The van der Waals surface area contributed by atoms with Crippen LogP contribution in [0.4, 0.5) is 5.69 Å². The highest BCUT2D eigenvalue weighted by atomic mass is 35.5. The average molecular weight is 345 g/mol. The van der Waals surface area contributed by atoms with Crippen LogP contribution in [0.2, 0.25) is 5.02 Å². The molecule has 0 unspecified atom stereocenters. The lowest BCUT2D eigenvalue weighted by molar-refractivity contribution is 1.17. The van der Waals surface area contributed by atoms with Crippen LogP contribution in [0.1, 0.15) is 11.1 Å². The lowest BCUT2D eigenvalue weighted by Crippen LogP contribution is -1.96. The summed E-state index contributed by atoms with van der Waals surface area (Å²) in [5, 5.41) is 1.73. The van der Waals surface area contributed by atoms with Crippen molar-refractivity contribution in [2.75, 3.05) is 5.73 Å². The van der Waals surface area contributed by atoms with Crippen molar-refractivity contribution >= 4 is 28.2 Å². The molecule has 0 spiro atoms. The van der Waals surface area contributed by atoms with Crippen LogP contribution in [0.15, 0.2) is 79.0 Å². The zero-order valence-corrected chi connectivity index (χ0v) is 14.4. The molecule has 0 bridgehead atoms. The molecule has 3 heteroatoms. The molecule has 0 amide bonds. The first-order valence-corrected chi connectivity index (χ1v) is 8.56. The number of anilines is 1. The van der Waals surface area contributed by atoms with E-state index in [1.807, 2.05) is 36.5 Å². The van der Waals surface area contributed by atoms with Gasteiger partial charge in [-0.1, -0.05) is 66.2 Å². The summed E-state index contributed by atoms with van der Waals surface area (Å²) in [7, 11) is 0. The number of rotatable bonds is 3. The van der Waals surface area contributed by atoms with Crippen molar-refractivity contribution in [1.82, 2.24) is 4.98 Å². The number of halogens is 1. The van der Waals surface area contributed by atoms with E-state index >= 15 is 0 Å². The summed E-state index contributed by atoms with van der Waals surface area (Å²) in [5.41, 5.74) is 12.2. The van der Waals surface area contributed by atoms with E-state index in [-0.39, 0.29) is 0 Å². The molecule has 0 aliphatic rings. The maximum absolute atomic E-state index is 6.37. The summed E-state index contributed by atoms with van der Waals surface area (Å²) in [4.78, 5) is 4.62. The second kappa shape index (κ2) is 6.58. The summed E-state index contributed by atoms with van der Waals surface area (Å²) in [6.45, 7) is 0. The summed E-state index contributed by atoms with van der Waals surface area (Å²) in [5.74, 6) is 0. The Balaban J connectivity index is 1.96. The van der Waals surface area contributed by atoms with Gasteiger partial charge < -0.3 is 5.73 Å². The van der Waals surface area contributed by atoms with Crippen LogP contribution >= 0.6 is 11.6 Å². The van der Waals surface area contributed by atoms with Gasteiger partial charge in [0.25, 0.3) is 0 Å². The van der Waals surface area contributed by atoms with Gasteiger partial charge >= 0.3 is 0 Å². The number of hydrogen-bond donors (Lipinski definition) is 1. The Kier molecular flexibility index (Phi) is 4.12. The lowest BCUT2D eigenvalue weighted by Gasteiger charge is -2.14. The summed E-state index contributed by atoms with van der Waals surface area (Å²) < 4.78 is 0. The summed E-state index contributed by atoms with van der Waals surface area (Å²) in [6, 6.07) is 24.3. The van der Waals surface area contributed by atoms with Gasteiger partial charge in [0.05, 0.1) is 10.5 Å². The maximum atomic E-state index is 6.37. The first kappa shape index (κ1) is 15.7. The maximum Gasteiger partial charge on any atom is 0.0894 e. The van der Waals surface area contributed by atoms with Crippen molar-refractivity contribution in [2.24, 2.45) is 0 Å². The molecule has 25 heavy (non-hydrogen) atoms. The average Bonchev–Trinajstić information content (AvgIpc) is 2.64. The van der Waals surface area contributed by atoms with E-state index in [1.54, 1.807) is 0 Å². The Labute approximate surface area is 151 Å². The molecule has 2 N–H and O–H groups in total. The molecule has 0 atom stereocenters. The second-order valence-electron chi connectivity index (χ2n) is 6.08. The fraction of sp³-hybridized carbons (Fsp3) is 0.0455. The molecule has 2 nitrogen and oxygen atoms in total. The quantitative estimate of drug-likeness (QED) is 0.482. The predicted octanol–water partition coefficient (Wildman–Crippen LogP) is 5.73. The van der Waals surface area contributed by atoms with Crippen molar-refractivity contribution in [3.63, 3.8) is 0 Å². The van der Waals surface area contributed by atoms with E-state index in [0.717, 1.165) is 34.1 Å². The van der Waals surface area contributed by atoms with Gasteiger partial charge in [-0.15, -0.1) is 0 Å². The van der Waals surface area contributed by atoms with E-state index in [4.69, 9.17) is 17.3 Å². The highest BCUT2D eigenvalue weighted by molar-refractivity contribution is 6.35. The van der Waals surface area contributed by atoms with Crippen molar-refractivity contribution in [3.8, 4) is 11.1 Å². The van der Waals surface area contributed by atoms with E-state index in [0.29, 0.717) is 5.02 Å². The topological polar surface area (TPSA) is 38.9 Å². The minimum atomic E-state index is 0.667. The number of benzene rings is 3. The van der Waals surface area contributed by atoms with Crippen LogP contribution in [0.3, 0.4) is 0 Å². The number of nitrogen functional groups attached to an aromatic ring is 1. The van der Waals surface area contributed by atoms with Crippen LogP contribution in [-0.4, -0.2) is 4.98 Å². The standard InChI is InChI=1S/C22H17ClN2/c23-20-8-4-7-19-21(16-9-11-18(24)12-10-16)17(14-25-22(19)20)13-15-5-2-1-3-6-15/h1-12,14H,13,24H2. The predicted molar refractivity (Wildman–Crippen MR) is 106 cm³/mol. The Morgan fingerprint density at radius 2 is 1.60 bits per heavy atom. The molecule has 0 aliphatic heterocycles. The van der Waals surface area contributed by atoms with Crippen molar-refractivity contribution in [3.05, 3.63) is 95.1 Å². The van der Waals surface area contributed by atoms with E-state index in [2.05, 4.69) is 47.4 Å². The molecule has 122 valence electrons.